The first-order valence-electron chi connectivity index (χ1n) is 8.30. The summed E-state index contributed by atoms with van der Waals surface area (Å²) in [6, 6.07) is 0. The Balaban J connectivity index is 1.52. The maximum atomic E-state index is 12.0. The highest BCUT2D eigenvalue weighted by Crippen LogP contribution is 2.17. The van der Waals surface area contributed by atoms with Crippen molar-refractivity contribution in [1.29, 1.82) is 0 Å². The van der Waals surface area contributed by atoms with Crippen molar-refractivity contribution in [3.8, 4) is 0 Å². The fourth-order valence-corrected chi connectivity index (χ4v) is 3.23. The lowest BCUT2D eigenvalue weighted by Gasteiger charge is -2.15. The Labute approximate surface area is 136 Å². The zero-order valence-electron chi connectivity index (χ0n) is 13.9. The molecular weight excluding hydrogens is 292 g/mol. The number of likely N-dealkylation sites (tertiary alicyclic amines) is 1. The Bertz CT molecular complexity index is 689. The van der Waals surface area contributed by atoms with Crippen LogP contribution >= 0.6 is 0 Å². The van der Waals surface area contributed by atoms with Crippen molar-refractivity contribution in [3.05, 3.63) is 23.1 Å². The monoisotopic (exact) mass is 316 g/mol. The van der Waals surface area contributed by atoms with Crippen LogP contribution in [0.15, 0.2) is 6.33 Å². The largest absolute Gasteiger partial charge is 0.355 e. The Morgan fingerprint density at radius 3 is 2.87 bits per heavy atom. The van der Waals surface area contributed by atoms with Gasteiger partial charge < -0.3 is 10.2 Å². The molecule has 3 rings (SSSR count). The standard InChI is InChI=1S/C16H24N6O/c1-12-14(13(2)20-22-11-18-19-16(12)22)5-6-15(23)17-7-10-21-8-3-4-9-21/h11H,3-10H2,1-2H3,(H,17,23). The van der Waals surface area contributed by atoms with Gasteiger partial charge in [0.25, 0.3) is 0 Å². The summed E-state index contributed by atoms with van der Waals surface area (Å²) in [5, 5.41) is 15.4. The molecule has 124 valence electrons. The zero-order chi connectivity index (χ0) is 16.2. The highest BCUT2D eigenvalue weighted by atomic mass is 16.1. The van der Waals surface area contributed by atoms with Crippen LogP contribution < -0.4 is 5.32 Å². The second-order valence-electron chi connectivity index (χ2n) is 6.19. The van der Waals surface area contributed by atoms with Gasteiger partial charge in [0.05, 0.1) is 5.69 Å². The maximum absolute atomic E-state index is 12.0. The molecule has 0 bridgehead atoms. The number of aryl methyl sites for hydroxylation is 2. The van der Waals surface area contributed by atoms with Gasteiger partial charge in [0, 0.05) is 25.1 Å². The Morgan fingerprint density at radius 2 is 2.09 bits per heavy atom. The molecule has 0 aromatic carbocycles. The molecule has 1 fully saturated rings. The normalized spacial score (nSPS) is 15.4. The van der Waals surface area contributed by atoms with Crippen LogP contribution in [0.4, 0.5) is 0 Å². The van der Waals surface area contributed by atoms with Gasteiger partial charge in [-0.2, -0.15) is 5.10 Å². The number of nitrogens with one attached hydrogen (secondary N) is 1. The molecule has 1 N–H and O–H groups in total. The van der Waals surface area contributed by atoms with Crippen LogP contribution in [0.5, 0.6) is 0 Å². The first-order chi connectivity index (χ1) is 11.1. The lowest BCUT2D eigenvalue weighted by atomic mass is 10.0. The average molecular weight is 316 g/mol. The molecule has 1 aliphatic rings. The molecule has 0 aliphatic carbocycles. The van der Waals surface area contributed by atoms with E-state index in [0.717, 1.165) is 48.6 Å². The molecule has 1 saturated heterocycles. The molecule has 7 nitrogen and oxygen atoms in total. The third kappa shape index (κ3) is 3.67. The first-order valence-corrected chi connectivity index (χ1v) is 8.30. The molecule has 0 saturated carbocycles. The van der Waals surface area contributed by atoms with Crippen LogP contribution in [0, 0.1) is 13.8 Å². The summed E-state index contributed by atoms with van der Waals surface area (Å²) in [4.78, 5) is 14.4. The van der Waals surface area contributed by atoms with Gasteiger partial charge >= 0.3 is 0 Å². The number of carbonyl (C=O) groups is 1. The zero-order valence-corrected chi connectivity index (χ0v) is 13.9. The van der Waals surface area contributed by atoms with Gasteiger partial charge in [-0.05, 0) is 51.8 Å². The molecule has 3 heterocycles. The second kappa shape index (κ2) is 7.04. The summed E-state index contributed by atoms with van der Waals surface area (Å²) in [7, 11) is 0. The van der Waals surface area contributed by atoms with E-state index in [1.807, 2.05) is 13.8 Å². The van der Waals surface area contributed by atoms with E-state index in [1.54, 1.807) is 10.8 Å². The van der Waals surface area contributed by atoms with E-state index >= 15 is 0 Å². The molecule has 1 aliphatic heterocycles. The summed E-state index contributed by atoms with van der Waals surface area (Å²) in [6.07, 6.45) is 5.33. The van der Waals surface area contributed by atoms with Gasteiger partial charge in [-0.25, -0.2) is 4.52 Å². The van der Waals surface area contributed by atoms with Crippen molar-refractivity contribution in [1.82, 2.24) is 30.0 Å². The quantitative estimate of drug-likeness (QED) is 0.856. The average Bonchev–Trinajstić information content (AvgIpc) is 3.18. The van der Waals surface area contributed by atoms with E-state index in [1.165, 1.54) is 12.8 Å². The molecule has 2 aromatic rings. The van der Waals surface area contributed by atoms with Crippen LogP contribution in [0.25, 0.3) is 5.65 Å². The summed E-state index contributed by atoms with van der Waals surface area (Å²) in [6.45, 7) is 8.00. The molecule has 0 spiro atoms. The van der Waals surface area contributed by atoms with Crippen molar-refractivity contribution in [2.45, 2.75) is 39.5 Å². The van der Waals surface area contributed by atoms with E-state index in [4.69, 9.17) is 0 Å². The summed E-state index contributed by atoms with van der Waals surface area (Å²) in [5.41, 5.74) is 3.85. The summed E-state index contributed by atoms with van der Waals surface area (Å²) < 4.78 is 1.68. The molecule has 23 heavy (non-hydrogen) atoms. The van der Waals surface area contributed by atoms with E-state index in [2.05, 4.69) is 25.5 Å². The van der Waals surface area contributed by atoms with E-state index in [-0.39, 0.29) is 5.91 Å². The third-order valence-corrected chi connectivity index (χ3v) is 4.56. The predicted molar refractivity (Wildman–Crippen MR) is 87.3 cm³/mol. The summed E-state index contributed by atoms with van der Waals surface area (Å²) in [5.74, 6) is 0.101. The topological polar surface area (TPSA) is 75.4 Å². The number of hydrogen-bond acceptors (Lipinski definition) is 5. The van der Waals surface area contributed by atoms with Crippen molar-refractivity contribution < 1.29 is 4.79 Å². The molecular formula is C16H24N6O. The van der Waals surface area contributed by atoms with E-state index < -0.39 is 0 Å². The minimum absolute atomic E-state index is 0.101. The lowest BCUT2D eigenvalue weighted by molar-refractivity contribution is -0.121. The van der Waals surface area contributed by atoms with Gasteiger partial charge in [-0.1, -0.05) is 0 Å². The molecule has 2 aromatic heterocycles. The second-order valence-corrected chi connectivity index (χ2v) is 6.19. The number of carbonyl (C=O) groups excluding carboxylic acids is 1. The van der Waals surface area contributed by atoms with Crippen LogP contribution in [0.3, 0.4) is 0 Å². The number of rotatable bonds is 6. The maximum Gasteiger partial charge on any atom is 0.220 e. The van der Waals surface area contributed by atoms with Crippen LogP contribution in [-0.4, -0.2) is 56.8 Å². The van der Waals surface area contributed by atoms with Gasteiger partial charge in [0.1, 0.15) is 6.33 Å². The third-order valence-electron chi connectivity index (χ3n) is 4.56. The number of aromatic nitrogens is 4. The fraction of sp³-hybridized carbons (Fsp3) is 0.625. The molecule has 1 amide bonds. The van der Waals surface area contributed by atoms with Crippen molar-refractivity contribution in [3.63, 3.8) is 0 Å². The van der Waals surface area contributed by atoms with E-state index in [9.17, 15) is 4.79 Å². The fourth-order valence-electron chi connectivity index (χ4n) is 3.23. The molecule has 0 radical (unpaired) electrons. The van der Waals surface area contributed by atoms with Gasteiger partial charge in [-0.3, -0.25) is 4.79 Å². The highest BCUT2D eigenvalue weighted by molar-refractivity contribution is 5.76. The van der Waals surface area contributed by atoms with Crippen LogP contribution in [0.1, 0.15) is 36.1 Å². The Morgan fingerprint density at radius 1 is 1.30 bits per heavy atom. The van der Waals surface area contributed by atoms with Crippen molar-refractivity contribution >= 4 is 11.6 Å². The number of amides is 1. The summed E-state index contributed by atoms with van der Waals surface area (Å²) >= 11 is 0. The SMILES string of the molecule is Cc1nn2cnnc2c(C)c1CCC(=O)NCCN1CCCC1. The molecule has 7 heteroatoms. The van der Waals surface area contributed by atoms with Crippen molar-refractivity contribution in [2.24, 2.45) is 0 Å². The van der Waals surface area contributed by atoms with E-state index in [0.29, 0.717) is 12.8 Å². The lowest BCUT2D eigenvalue weighted by Crippen LogP contribution is -2.33. The number of fused-ring (bicyclic) bond motifs is 1. The van der Waals surface area contributed by atoms with Crippen LogP contribution in [0.2, 0.25) is 0 Å². The Kier molecular flexibility index (Phi) is 4.85. The van der Waals surface area contributed by atoms with Gasteiger partial charge in [0.15, 0.2) is 5.65 Å². The predicted octanol–water partition coefficient (Wildman–Crippen LogP) is 0.886. The number of nitrogens with zero attached hydrogens (tertiary/aromatic N) is 5. The van der Waals surface area contributed by atoms with Crippen molar-refractivity contribution in [2.75, 3.05) is 26.2 Å². The highest BCUT2D eigenvalue weighted by Gasteiger charge is 2.14. The van der Waals surface area contributed by atoms with Gasteiger partial charge in [-0.15, -0.1) is 10.2 Å². The first kappa shape index (κ1) is 15.9. The van der Waals surface area contributed by atoms with Crippen LogP contribution in [-0.2, 0) is 11.2 Å². The molecule has 0 atom stereocenters. The minimum Gasteiger partial charge on any atom is -0.355 e. The van der Waals surface area contributed by atoms with Gasteiger partial charge in [0.2, 0.25) is 5.91 Å². The smallest absolute Gasteiger partial charge is 0.220 e. The number of hydrogen-bond donors (Lipinski definition) is 1. The Hall–Kier alpha value is -2.02. The minimum atomic E-state index is 0.101. The molecule has 0 unspecified atom stereocenters.